The number of carbonyl (C=O) groups is 1. The minimum absolute atomic E-state index is 0.102. The van der Waals surface area contributed by atoms with E-state index in [1.54, 1.807) is 0 Å². The van der Waals surface area contributed by atoms with Crippen LogP contribution >= 0.6 is 11.6 Å². The minimum atomic E-state index is -4.43. The van der Waals surface area contributed by atoms with Crippen LogP contribution in [0, 0.1) is 5.92 Å². The third kappa shape index (κ3) is 8.16. The van der Waals surface area contributed by atoms with Crippen LogP contribution in [-0.2, 0) is 4.79 Å². The first-order valence-corrected chi connectivity index (χ1v) is 4.78. The van der Waals surface area contributed by atoms with E-state index in [4.69, 9.17) is 11.6 Å². The van der Waals surface area contributed by atoms with E-state index in [-0.39, 0.29) is 12.5 Å². The highest BCUT2D eigenvalue weighted by molar-refractivity contribution is 6.17. The van der Waals surface area contributed by atoms with Crippen LogP contribution in [0.3, 0.4) is 0 Å². The van der Waals surface area contributed by atoms with E-state index in [0.29, 0.717) is 12.3 Å². The van der Waals surface area contributed by atoms with Crippen molar-refractivity contribution < 1.29 is 18.0 Å². The number of hydrogen-bond acceptors (Lipinski definition) is 1. The third-order valence-electron chi connectivity index (χ3n) is 1.61. The molecule has 0 aromatic rings. The number of alkyl halides is 4. The summed E-state index contributed by atoms with van der Waals surface area (Å²) in [5, 5.41) is 2.21. The van der Waals surface area contributed by atoms with Crippen molar-refractivity contribution >= 4 is 17.5 Å². The molecule has 84 valence electrons. The molecule has 0 aromatic carbocycles. The Bertz CT molecular complexity index is 184. The second-order valence-corrected chi connectivity index (χ2v) is 3.56. The quantitative estimate of drug-likeness (QED) is 0.723. The topological polar surface area (TPSA) is 29.1 Å². The van der Waals surface area contributed by atoms with Gasteiger partial charge in [-0.1, -0.05) is 6.92 Å². The highest BCUT2D eigenvalue weighted by atomic mass is 35.5. The van der Waals surface area contributed by atoms with E-state index < -0.39 is 18.5 Å². The Kier molecular flexibility index (Phi) is 5.92. The normalized spacial score (nSPS) is 13.8. The molecule has 2 nitrogen and oxygen atoms in total. The molecule has 1 N–H and O–H groups in total. The molecule has 14 heavy (non-hydrogen) atoms. The molecule has 0 bridgehead atoms. The molecule has 0 aromatic heterocycles. The second-order valence-electron chi connectivity index (χ2n) is 3.18. The van der Waals surface area contributed by atoms with Crippen molar-refractivity contribution in [2.45, 2.75) is 25.9 Å². The van der Waals surface area contributed by atoms with Crippen LogP contribution in [0.4, 0.5) is 13.2 Å². The van der Waals surface area contributed by atoms with Crippen LogP contribution in [0.5, 0.6) is 0 Å². The first-order valence-electron chi connectivity index (χ1n) is 4.24. The molecule has 0 fully saturated rings. The summed E-state index contributed by atoms with van der Waals surface area (Å²) < 4.78 is 35.1. The lowest BCUT2D eigenvalue weighted by Crippen LogP contribution is -2.31. The summed E-state index contributed by atoms with van der Waals surface area (Å²) in [5.41, 5.74) is 0. The second kappa shape index (κ2) is 6.11. The van der Waals surface area contributed by atoms with Gasteiger partial charge in [0.15, 0.2) is 0 Å². The van der Waals surface area contributed by atoms with E-state index in [2.05, 4.69) is 5.32 Å². The summed E-state index contributed by atoms with van der Waals surface area (Å²) in [6, 6.07) is 0. The summed E-state index contributed by atoms with van der Waals surface area (Å²) in [6.07, 6.45) is -5.17. The van der Waals surface area contributed by atoms with Gasteiger partial charge < -0.3 is 5.32 Å². The lowest BCUT2D eigenvalue weighted by molar-refractivity contribution is -0.153. The van der Waals surface area contributed by atoms with E-state index in [1.165, 1.54) is 0 Å². The van der Waals surface area contributed by atoms with Gasteiger partial charge in [-0.3, -0.25) is 4.79 Å². The number of hydrogen-bond donors (Lipinski definition) is 1. The maximum Gasteiger partial charge on any atom is 0.397 e. The van der Waals surface area contributed by atoms with Gasteiger partial charge in [0.05, 0.1) is 0 Å². The zero-order valence-electron chi connectivity index (χ0n) is 7.83. The highest BCUT2D eigenvalue weighted by Crippen LogP contribution is 2.18. The Morgan fingerprint density at radius 2 is 2.07 bits per heavy atom. The average molecular weight is 232 g/mol. The van der Waals surface area contributed by atoms with Crippen molar-refractivity contribution in [2.24, 2.45) is 5.92 Å². The van der Waals surface area contributed by atoms with Crippen molar-refractivity contribution in [2.75, 3.05) is 12.4 Å². The monoisotopic (exact) mass is 231 g/mol. The molecule has 0 saturated heterocycles. The summed E-state index contributed by atoms with van der Waals surface area (Å²) >= 11 is 5.43. The molecule has 1 amide bonds. The zero-order chi connectivity index (χ0) is 11.2. The molecule has 0 saturated carbocycles. The van der Waals surface area contributed by atoms with Gasteiger partial charge in [0, 0.05) is 12.4 Å². The van der Waals surface area contributed by atoms with Crippen LogP contribution in [0.25, 0.3) is 0 Å². The van der Waals surface area contributed by atoms with Gasteiger partial charge in [-0.2, -0.15) is 13.2 Å². The molecule has 1 atom stereocenters. The van der Waals surface area contributed by atoms with Crippen LogP contribution in [0.15, 0.2) is 0 Å². The van der Waals surface area contributed by atoms with Crippen LogP contribution in [0.1, 0.15) is 19.8 Å². The lowest BCUT2D eigenvalue weighted by atomic mass is 10.1. The number of rotatable bonds is 5. The number of carbonyl (C=O) groups excluding carboxylic acids is 1. The largest absolute Gasteiger partial charge is 0.397 e. The summed E-state index contributed by atoms with van der Waals surface area (Å²) in [5.74, 6) is -0.445. The number of amides is 1. The van der Waals surface area contributed by atoms with E-state index in [0.717, 1.165) is 0 Å². The average Bonchev–Trinajstić information content (AvgIpc) is 1.98. The Hall–Kier alpha value is -0.450. The third-order valence-corrected chi connectivity index (χ3v) is 1.83. The first kappa shape index (κ1) is 13.5. The molecule has 0 aliphatic carbocycles. The van der Waals surface area contributed by atoms with Crippen molar-refractivity contribution in [3.05, 3.63) is 0 Å². The van der Waals surface area contributed by atoms with Gasteiger partial charge >= 0.3 is 6.18 Å². The van der Waals surface area contributed by atoms with Crippen LogP contribution in [-0.4, -0.2) is 24.5 Å². The summed E-state index contributed by atoms with van der Waals surface area (Å²) in [6.45, 7) is 2.05. The fraction of sp³-hybridized carbons (Fsp3) is 0.875. The Labute approximate surface area is 85.8 Å². The van der Waals surface area contributed by atoms with Crippen molar-refractivity contribution in [3.63, 3.8) is 0 Å². The van der Waals surface area contributed by atoms with Gasteiger partial charge in [-0.05, 0) is 12.3 Å². The van der Waals surface area contributed by atoms with Crippen molar-refractivity contribution in [1.29, 1.82) is 0 Å². The van der Waals surface area contributed by atoms with Crippen molar-refractivity contribution in [1.82, 2.24) is 5.32 Å². The van der Waals surface area contributed by atoms with Crippen LogP contribution < -0.4 is 5.32 Å². The highest BCUT2D eigenvalue weighted by Gasteiger charge is 2.30. The lowest BCUT2D eigenvalue weighted by Gasteiger charge is -2.11. The molecule has 0 spiro atoms. The number of nitrogens with one attached hydrogen (secondary N) is 1. The molecule has 0 heterocycles. The van der Waals surface area contributed by atoms with Gasteiger partial charge in [-0.15, -0.1) is 11.6 Å². The molecule has 0 radical (unpaired) electrons. The Balaban J connectivity index is 3.64. The SMILES string of the molecule is CC(CCCl)CNC(=O)CC(F)(F)F. The van der Waals surface area contributed by atoms with Gasteiger partial charge in [0.25, 0.3) is 0 Å². The molecular formula is C8H13ClF3NO. The van der Waals surface area contributed by atoms with Gasteiger partial charge in [-0.25, -0.2) is 0 Å². The van der Waals surface area contributed by atoms with E-state index >= 15 is 0 Å². The standard InChI is InChI=1S/C8H13ClF3NO/c1-6(2-3-9)5-13-7(14)4-8(10,11)12/h6H,2-5H2,1H3,(H,13,14). The maximum absolute atomic E-state index is 11.7. The molecule has 6 heteroatoms. The minimum Gasteiger partial charge on any atom is -0.356 e. The number of halogens is 4. The van der Waals surface area contributed by atoms with E-state index in [9.17, 15) is 18.0 Å². The fourth-order valence-electron chi connectivity index (χ4n) is 0.821. The van der Waals surface area contributed by atoms with E-state index in [1.807, 2.05) is 6.92 Å². The predicted octanol–water partition coefficient (Wildman–Crippen LogP) is 2.32. The maximum atomic E-state index is 11.7. The Morgan fingerprint density at radius 1 is 1.50 bits per heavy atom. The molecule has 1 unspecified atom stereocenters. The van der Waals surface area contributed by atoms with Crippen LogP contribution in [0.2, 0.25) is 0 Å². The molecular weight excluding hydrogens is 219 g/mol. The molecule has 0 rings (SSSR count). The fourth-order valence-corrected chi connectivity index (χ4v) is 1.19. The summed E-state index contributed by atoms with van der Waals surface area (Å²) in [4.78, 5) is 10.7. The summed E-state index contributed by atoms with van der Waals surface area (Å²) in [7, 11) is 0. The van der Waals surface area contributed by atoms with Gasteiger partial charge in [0.2, 0.25) is 5.91 Å². The smallest absolute Gasteiger partial charge is 0.356 e. The first-order chi connectivity index (χ1) is 6.35. The predicted molar refractivity (Wildman–Crippen MR) is 48.2 cm³/mol. The molecule has 0 aliphatic heterocycles. The Morgan fingerprint density at radius 3 is 2.50 bits per heavy atom. The zero-order valence-corrected chi connectivity index (χ0v) is 8.58. The van der Waals surface area contributed by atoms with Gasteiger partial charge in [0.1, 0.15) is 6.42 Å². The molecule has 0 aliphatic rings. The van der Waals surface area contributed by atoms with Crippen molar-refractivity contribution in [3.8, 4) is 0 Å².